The predicted octanol–water partition coefficient (Wildman–Crippen LogP) is 3.23. The van der Waals surface area contributed by atoms with Gasteiger partial charge in [0, 0.05) is 0 Å². The minimum absolute atomic E-state index is 0.0529. The number of rotatable bonds is 6. The second-order valence-corrected chi connectivity index (χ2v) is 6.51. The van der Waals surface area contributed by atoms with E-state index < -0.39 is 18.0 Å². The number of carbonyl (C=O) groups excluding carboxylic acids is 2. The van der Waals surface area contributed by atoms with Gasteiger partial charge < -0.3 is 24.3 Å². The van der Waals surface area contributed by atoms with Crippen LogP contribution in [0, 0.1) is 0 Å². The van der Waals surface area contributed by atoms with Crippen LogP contribution >= 0.6 is 11.6 Å². The number of halogens is 1. The molecule has 1 unspecified atom stereocenters. The molecule has 1 N–H and O–H groups in total. The maximum Gasteiger partial charge on any atom is 0.311 e. The lowest BCUT2D eigenvalue weighted by molar-refractivity contribution is -0.152. The molecule has 2 aromatic rings. The van der Waals surface area contributed by atoms with Crippen LogP contribution in [0.3, 0.4) is 0 Å². The molecule has 0 saturated carbocycles. The summed E-state index contributed by atoms with van der Waals surface area (Å²) in [6.45, 7) is 2.34. The van der Waals surface area contributed by atoms with Crippen molar-refractivity contribution in [3.8, 4) is 17.2 Å². The maximum atomic E-state index is 12.3. The Balaban J connectivity index is 1.60. The number of esters is 1. The van der Waals surface area contributed by atoms with Crippen LogP contribution in [0.5, 0.6) is 17.2 Å². The van der Waals surface area contributed by atoms with Gasteiger partial charge in [-0.25, -0.2) is 0 Å². The van der Waals surface area contributed by atoms with E-state index >= 15 is 0 Å². The van der Waals surface area contributed by atoms with Crippen molar-refractivity contribution >= 4 is 29.2 Å². The highest BCUT2D eigenvalue weighted by molar-refractivity contribution is 6.32. The fourth-order valence-corrected chi connectivity index (χ4v) is 3.00. The molecule has 28 heavy (non-hydrogen) atoms. The van der Waals surface area contributed by atoms with Crippen molar-refractivity contribution in [1.29, 1.82) is 0 Å². The summed E-state index contributed by atoms with van der Waals surface area (Å²) in [6.07, 6.45) is -1.03. The molecular formula is C20H20ClNO6. The molecule has 8 heteroatoms. The molecule has 1 aliphatic rings. The zero-order valence-electron chi connectivity index (χ0n) is 15.5. The zero-order chi connectivity index (χ0) is 20.1. The number of benzene rings is 2. The van der Waals surface area contributed by atoms with Gasteiger partial charge in [0.1, 0.15) is 19.0 Å². The quantitative estimate of drug-likeness (QED) is 0.743. The summed E-state index contributed by atoms with van der Waals surface area (Å²) in [5.74, 6) is 0.451. The van der Waals surface area contributed by atoms with Crippen molar-refractivity contribution in [3.05, 3.63) is 47.0 Å². The Kier molecular flexibility index (Phi) is 6.26. The summed E-state index contributed by atoms with van der Waals surface area (Å²) in [5, 5.41) is 3.04. The molecule has 0 radical (unpaired) electrons. The Morgan fingerprint density at radius 2 is 1.96 bits per heavy atom. The number of hydrogen-bond donors (Lipinski definition) is 1. The van der Waals surface area contributed by atoms with Gasteiger partial charge in [0.05, 0.1) is 24.2 Å². The van der Waals surface area contributed by atoms with Gasteiger partial charge in [-0.1, -0.05) is 23.7 Å². The van der Waals surface area contributed by atoms with Crippen LogP contribution in [-0.4, -0.2) is 38.3 Å². The molecule has 0 bridgehead atoms. The van der Waals surface area contributed by atoms with E-state index in [9.17, 15) is 9.59 Å². The van der Waals surface area contributed by atoms with E-state index in [1.807, 2.05) is 0 Å². The summed E-state index contributed by atoms with van der Waals surface area (Å²) in [4.78, 5) is 24.6. The first-order valence-corrected chi connectivity index (χ1v) is 9.07. The second-order valence-electron chi connectivity index (χ2n) is 6.10. The highest BCUT2D eigenvalue weighted by atomic mass is 35.5. The van der Waals surface area contributed by atoms with Gasteiger partial charge in [-0.3, -0.25) is 9.59 Å². The first-order chi connectivity index (χ1) is 13.5. The van der Waals surface area contributed by atoms with Crippen molar-refractivity contribution in [2.45, 2.75) is 19.4 Å². The van der Waals surface area contributed by atoms with E-state index in [1.54, 1.807) is 36.4 Å². The molecule has 0 aromatic heterocycles. The van der Waals surface area contributed by atoms with E-state index in [2.05, 4.69) is 5.32 Å². The van der Waals surface area contributed by atoms with Crippen LogP contribution in [0.25, 0.3) is 0 Å². The predicted molar refractivity (Wildman–Crippen MR) is 103 cm³/mol. The molecular weight excluding hydrogens is 386 g/mol. The number of para-hydroxylation sites is 2. The number of fused-ring (bicyclic) bond motifs is 1. The minimum atomic E-state index is -0.981. The third-order valence-electron chi connectivity index (χ3n) is 4.05. The molecule has 1 heterocycles. The number of amides is 1. The molecule has 0 spiro atoms. The average Bonchev–Trinajstić information content (AvgIpc) is 2.68. The molecule has 0 aliphatic carbocycles. The van der Waals surface area contributed by atoms with Gasteiger partial charge in [-0.05, 0) is 36.8 Å². The lowest BCUT2D eigenvalue weighted by Gasteiger charge is -2.20. The third-order valence-corrected chi connectivity index (χ3v) is 4.33. The summed E-state index contributed by atoms with van der Waals surface area (Å²) < 4.78 is 21.4. The van der Waals surface area contributed by atoms with Crippen molar-refractivity contribution < 1.29 is 28.5 Å². The van der Waals surface area contributed by atoms with Gasteiger partial charge in [0.2, 0.25) is 0 Å². The van der Waals surface area contributed by atoms with E-state index in [0.29, 0.717) is 46.7 Å². The van der Waals surface area contributed by atoms with Gasteiger partial charge >= 0.3 is 5.97 Å². The third kappa shape index (κ3) is 4.67. The van der Waals surface area contributed by atoms with Crippen molar-refractivity contribution in [3.63, 3.8) is 0 Å². The SMILES string of the molecule is COc1ccccc1NC(=O)C(C)OC(=O)Cc1cc(Cl)c2c(c1)OCCO2. The summed E-state index contributed by atoms with van der Waals surface area (Å²) in [7, 11) is 1.51. The highest BCUT2D eigenvalue weighted by Gasteiger charge is 2.21. The van der Waals surface area contributed by atoms with Gasteiger partial charge in [0.15, 0.2) is 17.6 Å². The summed E-state index contributed by atoms with van der Waals surface area (Å²) in [5.41, 5.74) is 1.10. The first-order valence-electron chi connectivity index (χ1n) is 8.69. The fourth-order valence-electron chi connectivity index (χ4n) is 2.71. The highest BCUT2D eigenvalue weighted by Crippen LogP contribution is 2.38. The molecule has 1 amide bonds. The van der Waals surface area contributed by atoms with Gasteiger partial charge in [-0.15, -0.1) is 0 Å². The largest absolute Gasteiger partial charge is 0.495 e. The standard InChI is InChI=1S/C20H20ClNO6/c1-12(20(24)22-15-5-3-4-6-16(15)25-2)28-18(23)11-13-9-14(21)19-17(10-13)26-7-8-27-19/h3-6,9-10,12H,7-8,11H2,1-2H3,(H,22,24). The number of ether oxygens (including phenoxy) is 4. The van der Waals surface area contributed by atoms with E-state index in [-0.39, 0.29) is 6.42 Å². The average molecular weight is 406 g/mol. The zero-order valence-corrected chi connectivity index (χ0v) is 16.2. The van der Waals surface area contributed by atoms with E-state index in [1.165, 1.54) is 14.0 Å². The number of hydrogen-bond acceptors (Lipinski definition) is 6. The van der Waals surface area contributed by atoms with Crippen LogP contribution in [0.2, 0.25) is 5.02 Å². The molecule has 2 aromatic carbocycles. The Bertz CT molecular complexity index is 885. The number of nitrogens with one attached hydrogen (secondary N) is 1. The molecule has 0 saturated heterocycles. The fraction of sp³-hybridized carbons (Fsp3) is 0.300. The van der Waals surface area contributed by atoms with Crippen LogP contribution in [0.1, 0.15) is 12.5 Å². The summed E-state index contributed by atoms with van der Waals surface area (Å²) in [6, 6.07) is 10.3. The molecule has 7 nitrogen and oxygen atoms in total. The Labute approximate surface area is 167 Å². The van der Waals surface area contributed by atoms with E-state index in [0.717, 1.165) is 0 Å². The summed E-state index contributed by atoms with van der Waals surface area (Å²) >= 11 is 6.17. The Morgan fingerprint density at radius 3 is 2.75 bits per heavy atom. The Morgan fingerprint density at radius 1 is 1.21 bits per heavy atom. The lowest BCUT2D eigenvalue weighted by Crippen LogP contribution is -2.30. The molecule has 1 atom stereocenters. The smallest absolute Gasteiger partial charge is 0.311 e. The maximum absolute atomic E-state index is 12.3. The van der Waals surface area contributed by atoms with Crippen LogP contribution in [0.15, 0.2) is 36.4 Å². The van der Waals surface area contributed by atoms with Crippen LogP contribution in [0.4, 0.5) is 5.69 Å². The van der Waals surface area contributed by atoms with Crippen LogP contribution < -0.4 is 19.5 Å². The number of carbonyl (C=O) groups is 2. The normalized spacial score (nSPS) is 13.4. The van der Waals surface area contributed by atoms with Crippen LogP contribution in [-0.2, 0) is 20.7 Å². The van der Waals surface area contributed by atoms with E-state index in [4.69, 9.17) is 30.5 Å². The first kappa shape index (κ1) is 19.8. The van der Waals surface area contributed by atoms with Crippen molar-refractivity contribution in [2.24, 2.45) is 0 Å². The topological polar surface area (TPSA) is 83.1 Å². The molecule has 3 rings (SSSR count). The molecule has 1 aliphatic heterocycles. The monoisotopic (exact) mass is 405 g/mol. The molecule has 148 valence electrons. The van der Waals surface area contributed by atoms with Crippen molar-refractivity contribution in [1.82, 2.24) is 0 Å². The van der Waals surface area contributed by atoms with Gasteiger partial charge in [-0.2, -0.15) is 0 Å². The van der Waals surface area contributed by atoms with Crippen molar-refractivity contribution in [2.75, 3.05) is 25.6 Å². The Hall–Kier alpha value is -2.93. The van der Waals surface area contributed by atoms with Gasteiger partial charge in [0.25, 0.3) is 5.91 Å². The number of anilines is 1. The minimum Gasteiger partial charge on any atom is -0.495 e. The lowest BCUT2D eigenvalue weighted by atomic mass is 10.1. The molecule has 0 fully saturated rings. The number of methoxy groups -OCH3 is 1. The second kappa shape index (κ2) is 8.84.